The summed E-state index contributed by atoms with van der Waals surface area (Å²) in [5, 5.41) is 31.2. The number of rotatable bonds is 11. The fourth-order valence-electron chi connectivity index (χ4n) is 4.47. The molecule has 13 heteroatoms. The molecule has 5 rings (SSSR count). The summed E-state index contributed by atoms with van der Waals surface area (Å²) >= 11 is 2.21. The number of carbonyl (C=O) groups excluding carboxylic acids is 2. The molecule has 0 saturated carbocycles. The summed E-state index contributed by atoms with van der Waals surface area (Å²) in [6, 6.07) is 17.0. The van der Waals surface area contributed by atoms with Crippen LogP contribution in [0.15, 0.2) is 82.7 Å². The van der Waals surface area contributed by atoms with Gasteiger partial charge in [0, 0.05) is 23.4 Å². The number of carbonyl (C=O) groups is 2. The predicted molar refractivity (Wildman–Crippen MR) is 161 cm³/mol. The second-order valence-electron chi connectivity index (χ2n) is 9.48. The standard InChI is InChI=1S/C30H25FN4O6S2/c1-2-3-15-41-22-13-11-18(12-14-22)26(36)24-25(19-8-6-9-21(16-19)35(39)40)34(28(38)27(24)37)29-32-33-30(43-29)42-17-20-7-4-5-10-23(20)31/h4-14,16,25,36H,2-3,15,17H2,1H3. The number of hydrogen-bond acceptors (Lipinski definition) is 10. The first-order valence-corrected chi connectivity index (χ1v) is 15.1. The van der Waals surface area contributed by atoms with Gasteiger partial charge in [0.05, 0.1) is 23.1 Å². The molecule has 1 atom stereocenters. The Kier molecular flexibility index (Phi) is 9.12. The normalized spacial score (nSPS) is 16.0. The Morgan fingerprint density at radius 2 is 1.88 bits per heavy atom. The van der Waals surface area contributed by atoms with E-state index in [0.29, 0.717) is 22.3 Å². The number of benzene rings is 3. The number of thioether (sulfide) groups is 1. The van der Waals surface area contributed by atoms with Gasteiger partial charge in [0.2, 0.25) is 5.13 Å². The molecule has 1 N–H and O–H groups in total. The van der Waals surface area contributed by atoms with Crippen LogP contribution in [-0.2, 0) is 15.3 Å². The van der Waals surface area contributed by atoms with Crippen molar-refractivity contribution in [2.24, 2.45) is 0 Å². The molecule has 3 aromatic carbocycles. The third-order valence-electron chi connectivity index (χ3n) is 6.65. The van der Waals surface area contributed by atoms with E-state index < -0.39 is 28.4 Å². The Morgan fingerprint density at radius 3 is 2.60 bits per heavy atom. The number of ether oxygens (including phenoxy) is 1. The molecule has 10 nitrogen and oxygen atoms in total. The van der Waals surface area contributed by atoms with Gasteiger partial charge in [-0.3, -0.25) is 24.6 Å². The molecule has 0 radical (unpaired) electrons. The Balaban J connectivity index is 1.53. The number of aromatic nitrogens is 2. The highest BCUT2D eigenvalue weighted by atomic mass is 32.2. The largest absolute Gasteiger partial charge is 0.507 e. The molecule has 1 amide bonds. The second kappa shape index (κ2) is 13.1. The maximum atomic E-state index is 14.1. The third-order valence-corrected chi connectivity index (χ3v) is 8.75. The molecule has 220 valence electrons. The smallest absolute Gasteiger partial charge is 0.301 e. The Labute approximate surface area is 254 Å². The van der Waals surface area contributed by atoms with Gasteiger partial charge in [0.25, 0.3) is 11.5 Å². The lowest BCUT2D eigenvalue weighted by molar-refractivity contribution is -0.384. The van der Waals surface area contributed by atoms with Crippen LogP contribution in [0.3, 0.4) is 0 Å². The summed E-state index contributed by atoms with van der Waals surface area (Å²) in [7, 11) is 0. The number of nitro benzene ring substituents is 1. The molecular weight excluding hydrogens is 595 g/mol. The van der Waals surface area contributed by atoms with Crippen LogP contribution in [-0.4, -0.2) is 38.5 Å². The van der Waals surface area contributed by atoms with E-state index >= 15 is 0 Å². The molecule has 4 aromatic rings. The number of non-ortho nitro benzene ring substituents is 1. The number of anilines is 1. The van der Waals surface area contributed by atoms with E-state index in [1.54, 1.807) is 42.5 Å². The van der Waals surface area contributed by atoms with Gasteiger partial charge in [-0.25, -0.2) is 4.39 Å². The maximum Gasteiger partial charge on any atom is 0.301 e. The lowest BCUT2D eigenvalue weighted by Crippen LogP contribution is -2.29. The van der Waals surface area contributed by atoms with Crippen molar-refractivity contribution in [3.8, 4) is 5.75 Å². The van der Waals surface area contributed by atoms with Gasteiger partial charge in [0.1, 0.15) is 17.3 Å². The maximum absolute atomic E-state index is 14.1. The van der Waals surface area contributed by atoms with Gasteiger partial charge in [-0.2, -0.15) is 0 Å². The minimum Gasteiger partial charge on any atom is -0.507 e. The van der Waals surface area contributed by atoms with E-state index in [9.17, 15) is 29.2 Å². The first-order chi connectivity index (χ1) is 20.8. The van der Waals surface area contributed by atoms with Crippen molar-refractivity contribution in [2.45, 2.75) is 35.9 Å². The first-order valence-electron chi connectivity index (χ1n) is 13.3. The van der Waals surface area contributed by atoms with Crippen molar-refractivity contribution in [1.29, 1.82) is 0 Å². The highest BCUT2D eigenvalue weighted by Gasteiger charge is 2.48. The molecule has 0 spiro atoms. The molecule has 0 bridgehead atoms. The molecule has 1 aliphatic rings. The summed E-state index contributed by atoms with van der Waals surface area (Å²) in [6.45, 7) is 2.58. The van der Waals surface area contributed by atoms with Crippen LogP contribution in [0.5, 0.6) is 5.75 Å². The number of Topliss-reactive ketones (excluding diaryl/α,β-unsaturated/α-hetero) is 1. The van der Waals surface area contributed by atoms with Crippen molar-refractivity contribution in [2.75, 3.05) is 11.5 Å². The number of aliphatic hydroxyl groups excluding tert-OH is 1. The number of nitrogens with zero attached hydrogens (tertiary/aromatic N) is 4. The van der Waals surface area contributed by atoms with Gasteiger partial charge >= 0.3 is 5.91 Å². The zero-order chi connectivity index (χ0) is 30.5. The molecule has 1 aliphatic heterocycles. The van der Waals surface area contributed by atoms with Gasteiger partial charge in [-0.15, -0.1) is 10.2 Å². The van der Waals surface area contributed by atoms with Crippen LogP contribution in [0.4, 0.5) is 15.2 Å². The summed E-state index contributed by atoms with van der Waals surface area (Å²) in [5.41, 5.74) is 0.443. The van der Waals surface area contributed by atoms with E-state index in [0.717, 1.165) is 29.1 Å². The summed E-state index contributed by atoms with van der Waals surface area (Å²) in [5.74, 6) is -1.93. The number of halogens is 1. The van der Waals surface area contributed by atoms with Crippen molar-refractivity contribution in [3.63, 3.8) is 0 Å². The molecule has 1 aromatic heterocycles. The SMILES string of the molecule is CCCCOc1ccc(C(O)=C2C(=O)C(=O)N(c3nnc(SCc4ccccc4F)s3)C2c2cccc([N+](=O)[O-])c2)cc1. The third kappa shape index (κ3) is 6.42. The van der Waals surface area contributed by atoms with Crippen LogP contribution >= 0.6 is 23.1 Å². The molecule has 2 heterocycles. The minimum absolute atomic E-state index is 0.0494. The van der Waals surface area contributed by atoms with Gasteiger partial charge in [-0.05, 0) is 47.9 Å². The fraction of sp³-hybridized carbons (Fsp3) is 0.200. The van der Waals surface area contributed by atoms with Crippen LogP contribution in [0.2, 0.25) is 0 Å². The van der Waals surface area contributed by atoms with E-state index in [4.69, 9.17) is 4.74 Å². The summed E-state index contributed by atoms with van der Waals surface area (Å²) in [4.78, 5) is 39.0. The summed E-state index contributed by atoms with van der Waals surface area (Å²) < 4.78 is 20.2. The fourth-order valence-corrected chi connectivity index (χ4v) is 6.32. The lowest BCUT2D eigenvalue weighted by atomic mass is 9.95. The van der Waals surface area contributed by atoms with Crippen molar-refractivity contribution in [1.82, 2.24) is 10.2 Å². The number of unbranched alkanes of at least 4 members (excludes halogenated alkanes) is 1. The molecule has 1 saturated heterocycles. The quantitative estimate of drug-likeness (QED) is 0.0284. The van der Waals surface area contributed by atoms with Crippen LogP contribution in [0.25, 0.3) is 5.76 Å². The Bertz CT molecular complexity index is 1710. The second-order valence-corrected chi connectivity index (χ2v) is 11.7. The Morgan fingerprint density at radius 1 is 1.12 bits per heavy atom. The zero-order valence-corrected chi connectivity index (χ0v) is 24.4. The minimum atomic E-state index is -1.22. The summed E-state index contributed by atoms with van der Waals surface area (Å²) in [6.07, 6.45) is 1.85. The lowest BCUT2D eigenvalue weighted by Gasteiger charge is -2.22. The zero-order valence-electron chi connectivity index (χ0n) is 22.8. The van der Waals surface area contributed by atoms with Crippen molar-refractivity contribution in [3.05, 3.63) is 111 Å². The van der Waals surface area contributed by atoms with E-state index in [-0.39, 0.29) is 39.1 Å². The van der Waals surface area contributed by atoms with Gasteiger partial charge in [0.15, 0.2) is 4.34 Å². The Hall–Kier alpha value is -4.62. The van der Waals surface area contributed by atoms with Gasteiger partial charge < -0.3 is 9.84 Å². The number of amides is 1. The van der Waals surface area contributed by atoms with Crippen LogP contribution < -0.4 is 9.64 Å². The number of nitro groups is 1. The molecule has 1 fully saturated rings. The predicted octanol–water partition coefficient (Wildman–Crippen LogP) is 6.68. The number of hydrogen-bond donors (Lipinski definition) is 1. The first kappa shape index (κ1) is 29.9. The molecule has 43 heavy (non-hydrogen) atoms. The molecule has 0 aliphatic carbocycles. The van der Waals surface area contributed by atoms with E-state index in [2.05, 4.69) is 10.2 Å². The van der Waals surface area contributed by atoms with Crippen molar-refractivity contribution < 1.29 is 28.7 Å². The molecular formula is C30H25FN4O6S2. The van der Waals surface area contributed by atoms with Gasteiger partial charge in [-0.1, -0.05) is 66.8 Å². The average molecular weight is 621 g/mol. The average Bonchev–Trinajstić information content (AvgIpc) is 3.58. The number of aliphatic hydroxyl groups is 1. The van der Waals surface area contributed by atoms with E-state index in [1.165, 1.54) is 42.1 Å². The monoisotopic (exact) mass is 620 g/mol. The number of ketones is 1. The van der Waals surface area contributed by atoms with Crippen LogP contribution in [0, 0.1) is 15.9 Å². The topological polar surface area (TPSA) is 136 Å². The highest BCUT2D eigenvalue weighted by molar-refractivity contribution is 8.00. The van der Waals surface area contributed by atoms with Crippen molar-refractivity contribution >= 4 is 51.4 Å². The van der Waals surface area contributed by atoms with Crippen LogP contribution in [0.1, 0.15) is 42.5 Å². The highest BCUT2D eigenvalue weighted by Crippen LogP contribution is 2.44. The van der Waals surface area contributed by atoms with E-state index in [1.807, 2.05) is 6.92 Å². The molecule has 1 unspecified atom stereocenters.